The topological polar surface area (TPSA) is 79.3 Å². The van der Waals surface area contributed by atoms with E-state index in [1.54, 1.807) is 13.0 Å². The van der Waals surface area contributed by atoms with Crippen LogP contribution in [0.2, 0.25) is 0 Å². The zero-order chi connectivity index (χ0) is 15.7. The third-order valence-electron chi connectivity index (χ3n) is 3.38. The second kappa shape index (κ2) is 5.48. The number of hydrogen-bond donors (Lipinski definition) is 2. The van der Waals surface area contributed by atoms with Crippen LogP contribution in [-0.4, -0.2) is 20.3 Å². The van der Waals surface area contributed by atoms with Crippen LogP contribution >= 0.6 is 0 Å². The van der Waals surface area contributed by atoms with Gasteiger partial charge in [-0.15, -0.1) is 0 Å². The minimum absolute atomic E-state index is 0.102. The number of aryl methyl sites for hydroxylation is 2. The Hall–Kier alpha value is -2.89. The summed E-state index contributed by atoms with van der Waals surface area (Å²) in [6.45, 7) is 4.04. The predicted molar refractivity (Wildman–Crippen MR) is 82.9 cm³/mol. The van der Waals surface area contributed by atoms with Crippen molar-refractivity contribution in [3.05, 3.63) is 69.5 Å². The fourth-order valence-corrected chi connectivity index (χ4v) is 2.26. The van der Waals surface area contributed by atoms with Gasteiger partial charge >= 0.3 is 0 Å². The van der Waals surface area contributed by atoms with Crippen LogP contribution in [0.25, 0.3) is 5.65 Å². The summed E-state index contributed by atoms with van der Waals surface area (Å²) in [6.07, 6.45) is 3.83. The number of pyridine rings is 2. The van der Waals surface area contributed by atoms with E-state index in [2.05, 4.69) is 15.3 Å². The summed E-state index contributed by atoms with van der Waals surface area (Å²) in [4.78, 5) is 30.8. The van der Waals surface area contributed by atoms with Crippen LogP contribution in [-0.2, 0) is 6.54 Å². The molecule has 0 aliphatic rings. The summed E-state index contributed by atoms with van der Waals surface area (Å²) in [5.74, 6) is -0.408. The number of carbonyl (C=O) groups excluding carboxylic acids is 1. The molecule has 0 spiro atoms. The minimum Gasteiger partial charge on any atom is -0.346 e. The number of aromatic nitrogens is 3. The minimum atomic E-state index is -0.408. The van der Waals surface area contributed by atoms with Crippen LogP contribution < -0.4 is 10.9 Å². The molecule has 0 saturated heterocycles. The first kappa shape index (κ1) is 14.1. The fourth-order valence-electron chi connectivity index (χ4n) is 2.26. The Bertz CT molecular complexity index is 908. The molecule has 0 unspecified atom stereocenters. The maximum absolute atomic E-state index is 12.1. The number of fused-ring (bicyclic) bond motifs is 1. The van der Waals surface area contributed by atoms with Crippen LogP contribution in [0.15, 0.2) is 41.5 Å². The predicted octanol–water partition coefficient (Wildman–Crippen LogP) is 1.57. The lowest BCUT2D eigenvalue weighted by Gasteiger charge is -2.02. The van der Waals surface area contributed by atoms with Crippen LogP contribution in [0.3, 0.4) is 0 Å². The molecular weight excluding hydrogens is 280 g/mol. The van der Waals surface area contributed by atoms with Gasteiger partial charge in [0.25, 0.3) is 11.5 Å². The quantitative estimate of drug-likeness (QED) is 0.770. The zero-order valence-electron chi connectivity index (χ0n) is 12.4. The van der Waals surface area contributed by atoms with Gasteiger partial charge in [-0.1, -0.05) is 6.07 Å². The molecule has 3 aromatic heterocycles. The van der Waals surface area contributed by atoms with Gasteiger partial charge in [-0.2, -0.15) is 0 Å². The van der Waals surface area contributed by atoms with Crippen LogP contribution in [0.5, 0.6) is 0 Å². The summed E-state index contributed by atoms with van der Waals surface area (Å²) in [6, 6.07) is 7.13. The fraction of sp³-hybridized carbons (Fsp3) is 0.188. The first-order chi connectivity index (χ1) is 10.5. The smallest absolute Gasteiger partial charge is 0.260 e. The van der Waals surface area contributed by atoms with E-state index in [9.17, 15) is 9.59 Å². The lowest BCUT2D eigenvalue weighted by molar-refractivity contribution is 0.0949. The Morgan fingerprint density at radius 3 is 2.82 bits per heavy atom. The van der Waals surface area contributed by atoms with Crippen molar-refractivity contribution in [2.75, 3.05) is 0 Å². The van der Waals surface area contributed by atoms with E-state index in [0.29, 0.717) is 0 Å². The SMILES string of the molecule is Cc1ccc2nc(CNC(=O)c3ccc(C)[nH]c3=O)cn2c1. The monoisotopic (exact) mass is 296 g/mol. The molecule has 22 heavy (non-hydrogen) atoms. The Labute approximate surface area is 126 Å². The third-order valence-corrected chi connectivity index (χ3v) is 3.38. The van der Waals surface area contributed by atoms with Gasteiger partial charge in [0.05, 0.1) is 12.2 Å². The van der Waals surface area contributed by atoms with E-state index >= 15 is 0 Å². The van der Waals surface area contributed by atoms with Crippen LogP contribution in [0.4, 0.5) is 0 Å². The highest BCUT2D eigenvalue weighted by Gasteiger charge is 2.11. The number of rotatable bonds is 3. The molecule has 0 bridgehead atoms. The maximum Gasteiger partial charge on any atom is 0.260 e. The second-order valence-electron chi connectivity index (χ2n) is 5.27. The molecular formula is C16H16N4O2. The Kier molecular flexibility index (Phi) is 3.50. The molecule has 0 aliphatic heterocycles. The molecule has 3 aromatic rings. The molecule has 3 rings (SSSR count). The third kappa shape index (κ3) is 2.76. The molecule has 0 fully saturated rings. The number of imidazole rings is 1. The van der Waals surface area contributed by atoms with Crippen molar-refractivity contribution in [2.45, 2.75) is 20.4 Å². The van der Waals surface area contributed by atoms with Crippen molar-refractivity contribution in [3.8, 4) is 0 Å². The van der Waals surface area contributed by atoms with E-state index in [1.165, 1.54) is 6.07 Å². The van der Waals surface area contributed by atoms with Crippen molar-refractivity contribution in [3.63, 3.8) is 0 Å². The molecule has 0 atom stereocenters. The summed E-state index contributed by atoms with van der Waals surface area (Å²) in [5, 5.41) is 2.72. The lowest BCUT2D eigenvalue weighted by atomic mass is 10.2. The average molecular weight is 296 g/mol. The highest BCUT2D eigenvalue weighted by Crippen LogP contribution is 2.07. The molecule has 1 amide bonds. The van der Waals surface area contributed by atoms with E-state index in [0.717, 1.165) is 22.6 Å². The highest BCUT2D eigenvalue weighted by atomic mass is 16.2. The van der Waals surface area contributed by atoms with Gasteiger partial charge in [0, 0.05) is 18.1 Å². The number of carbonyl (C=O) groups is 1. The van der Waals surface area contributed by atoms with Gasteiger partial charge < -0.3 is 14.7 Å². The number of amides is 1. The van der Waals surface area contributed by atoms with E-state index in [1.807, 2.05) is 35.9 Å². The number of nitrogens with zero attached hydrogens (tertiary/aromatic N) is 2. The average Bonchev–Trinajstić information content (AvgIpc) is 2.86. The van der Waals surface area contributed by atoms with Crippen molar-refractivity contribution in [2.24, 2.45) is 0 Å². The van der Waals surface area contributed by atoms with E-state index in [-0.39, 0.29) is 17.7 Å². The summed E-state index contributed by atoms with van der Waals surface area (Å²) >= 11 is 0. The molecule has 2 N–H and O–H groups in total. The van der Waals surface area contributed by atoms with Gasteiger partial charge in [0.15, 0.2) is 0 Å². The highest BCUT2D eigenvalue weighted by molar-refractivity contribution is 5.93. The molecule has 3 heterocycles. The van der Waals surface area contributed by atoms with Crippen LogP contribution in [0.1, 0.15) is 27.3 Å². The number of aromatic amines is 1. The number of hydrogen-bond acceptors (Lipinski definition) is 3. The Morgan fingerprint density at radius 2 is 2.05 bits per heavy atom. The first-order valence-corrected chi connectivity index (χ1v) is 6.95. The molecule has 6 heteroatoms. The van der Waals surface area contributed by atoms with Gasteiger partial charge in [0.1, 0.15) is 11.2 Å². The number of H-pyrrole nitrogens is 1. The van der Waals surface area contributed by atoms with Crippen molar-refractivity contribution in [1.29, 1.82) is 0 Å². The second-order valence-corrected chi connectivity index (χ2v) is 5.27. The molecule has 0 radical (unpaired) electrons. The van der Waals surface area contributed by atoms with Gasteiger partial charge in [-0.05, 0) is 37.6 Å². The Balaban J connectivity index is 1.75. The van der Waals surface area contributed by atoms with E-state index in [4.69, 9.17) is 0 Å². The zero-order valence-corrected chi connectivity index (χ0v) is 12.4. The molecule has 0 aliphatic carbocycles. The van der Waals surface area contributed by atoms with Gasteiger partial charge in [-0.3, -0.25) is 9.59 Å². The Morgan fingerprint density at radius 1 is 1.23 bits per heavy atom. The largest absolute Gasteiger partial charge is 0.346 e. The summed E-state index contributed by atoms with van der Waals surface area (Å²) in [7, 11) is 0. The summed E-state index contributed by atoms with van der Waals surface area (Å²) < 4.78 is 1.91. The maximum atomic E-state index is 12.1. The van der Waals surface area contributed by atoms with E-state index < -0.39 is 5.91 Å². The summed E-state index contributed by atoms with van der Waals surface area (Å²) in [5.41, 5.74) is 3.13. The molecule has 6 nitrogen and oxygen atoms in total. The van der Waals surface area contributed by atoms with Gasteiger partial charge in [0.2, 0.25) is 0 Å². The van der Waals surface area contributed by atoms with Crippen molar-refractivity contribution < 1.29 is 4.79 Å². The first-order valence-electron chi connectivity index (χ1n) is 6.95. The van der Waals surface area contributed by atoms with Crippen molar-refractivity contribution >= 4 is 11.6 Å². The number of nitrogens with one attached hydrogen (secondary N) is 2. The van der Waals surface area contributed by atoms with Crippen LogP contribution in [0, 0.1) is 13.8 Å². The molecule has 0 saturated carbocycles. The normalized spacial score (nSPS) is 10.8. The van der Waals surface area contributed by atoms with Crippen molar-refractivity contribution in [1.82, 2.24) is 19.7 Å². The standard InChI is InChI=1S/C16H16N4O2/c1-10-3-6-14-19-12(9-20(14)8-10)7-17-15(21)13-5-4-11(2)18-16(13)22/h3-6,8-9H,7H2,1-2H3,(H,17,21)(H,18,22). The lowest BCUT2D eigenvalue weighted by Crippen LogP contribution is -2.29. The molecule has 0 aromatic carbocycles. The molecule has 112 valence electrons. The van der Waals surface area contributed by atoms with Gasteiger partial charge in [-0.25, -0.2) is 4.98 Å².